The van der Waals surface area contributed by atoms with Crippen LogP contribution in [0.15, 0.2) is 59.5 Å². The van der Waals surface area contributed by atoms with Gasteiger partial charge in [0.05, 0.1) is 11.9 Å². The molecule has 0 radical (unpaired) electrons. The van der Waals surface area contributed by atoms with Crippen molar-refractivity contribution in [3.8, 4) is 11.5 Å². The smallest absolute Gasteiger partial charge is 0.341 e. The Hall–Kier alpha value is -2.34. The molecule has 5 nitrogen and oxygen atoms in total. The molecule has 3 rings (SSSR count). The molecule has 0 unspecified atom stereocenters. The molecule has 0 atom stereocenters. The molecule has 2 aromatic heterocycles. The van der Waals surface area contributed by atoms with E-state index >= 15 is 0 Å². The summed E-state index contributed by atoms with van der Waals surface area (Å²) in [6.45, 7) is 0. The summed E-state index contributed by atoms with van der Waals surface area (Å²) >= 11 is 3.37. The molecular weight excluding hydrogens is 322 g/mol. The van der Waals surface area contributed by atoms with Crippen LogP contribution in [0.1, 0.15) is 10.4 Å². The molecule has 0 bridgehead atoms. The van der Waals surface area contributed by atoms with Crippen LogP contribution >= 0.6 is 15.9 Å². The first-order chi connectivity index (χ1) is 9.66. The summed E-state index contributed by atoms with van der Waals surface area (Å²) in [6.07, 6.45) is 4.94. The van der Waals surface area contributed by atoms with Crippen LogP contribution in [0.25, 0.3) is 11.5 Å². The van der Waals surface area contributed by atoms with E-state index in [1.54, 1.807) is 21.6 Å². The maximum absolute atomic E-state index is 11.3. The molecule has 0 saturated heterocycles. The SMILES string of the molecule is O=C(O)c1cnn(-c2ccc(Br)cc2)c1-n1cccc1. The fourth-order valence-corrected chi connectivity index (χ4v) is 2.25. The zero-order valence-electron chi connectivity index (χ0n) is 10.3. The monoisotopic (exact) mass is 331 g/mol. The molecule has 6 heteroatoms. The molecule has 1 aromatic carbocycles. The van der Waals surface area contributed by atoms with Crippen molar-refractivity contribution in [2.75, 3.05) is 0 Å². The summed E-state index contributed by atoms with van der Waals surface area (Å²) in [6, 6.07) is 11.2. The van der Waals surface area contributed by atoms with Gasteiger partial charge in [0, 0.05) is 16.9 Å². The summed E-state index contributed by atoms with van der Waals surface area (Å²) in [7, 11) is 0. The predicted molar refractivity (Wildman–Crippen MR) is 77.6 cm³/mol. The Balaban J connectivity index is 2.21. The number of carbonyl (C=O) groups is 1. The molecule has 0 amide bonds. The summed E-state index contributed by atoms with van der Waals surface area (Å²) in [4.78, 5) is 11.3. The lowest BCUT2D eigenvalue weighted by molar-refractivity contribution is 0.0697. The Labute approximate surface area is 123 Å². The first kappa shape index (κ1) is 12.7. The summed E-state index contributed by atoms with van der Waals surface area (Å²) < 4.78 is 4.29. The fraction of sp³-hybridized carbons (Fsp3) is 0. The number of hydrogen-bond acceptors (Lipinski definition) is 2. The summed E-state index contributed by atoms with van der Waals surface area (Å²) in [5.74, 6) is -0.498. The van der Waals surface area contributed by atoms with Crippen LogP contribution in [-0.2, 0) is 0 Å². The maximum atomic E-state index is 11.3. The number of carboxylic acids is 1. The molecule has 0 aliphatic heterocycles. The van der Waals surface area contributed by atoms with E-state index in [-0.39, 0.29) is 5.56 Å². The van der Waals surface area contributed by atoms with Crippen molar-refractivity contribution in [3.05, 3.63) is 65.0 Å². The molecule has 0 aliphatic rings. The normalized spacial score (nSPS) is 10.7. The van der Waals surface area contributed by atoms with Crippen LogP contribution in [0.5, 0.6) is 0 Å². The number of aromatic nitrogens is 3. The number of benzene rings is 1. The van der Waals surface area contributed by atoms with Gasteiger partial charge in [-0.25, -0.2) is 9.48 Å². The number of nitrogens with zero attached hydrogens (tertiary/aromatic N) is 3. The standard InChI is InChI=1S/C14H10BrN3O2/c15-10-3-5-11(6-4-10)18-13(17-7-1-2-8-17)12(9-16-18)14(19)20/h1-9H,(H,19,20). The van der Waals surface area contributed by atoms with Gasteiger partial charge in [-0.3, -0.25) is 0 Å². The molecule has 3 aromatic rings. The van der Waals surface area contributed by atoms with Crippen molar-refractivity contribution in [2.45, 2.75) is 0 Å². The zero-order chi connectivity index (χ0) is 14.1. The molecule has 0 aliphatic carbocycles. The molecule has 100 valence electrons. The summed E-state index contributed by atoms with van der Waals surface area (Å²) in [5, 5.41) is 13.5. The van der Waals surface area contributed by atoms with Gasteiger partial charge in [-0.2, -0.15) is 5.10 Å². The number of hydrogen-bond donors (Lipinski definition) is 1. The maximum Gasteiger partial charge on any atom is 0.341 e. The average Bonchev–Trinajstić information content (AvgIpc) is 3.08. The molecule has 0 fully saturated rings. The lowest BCUT2D eigenvalue weighted by Gasteiger charge is -2.09. The van der Waals surface area contributed by atoms with Crippen LogP contribution in [0.3, 0.4) is 0 Å². The van der Waals surface area contributed by atoms with Gasteiger partial charge < -0.3 is 9.67 Å². The van der Waals surface area contributed by atoms with E-state index in [4.69, 9.17) is 0 Å². The fourth-order valence-electron chi connectivity index (χ4n) is 1.99. The van der Waals surface area contributed by atoms with Gasteiger partial charge in [-0.1, -0.05) is 15.9 Å². The Kier molecular flexibility index (Phi) is 3.15. The third kappa shape index (κ3) is 2.14. The molecule has 0 saturated carbocycles. The Morgan fingerprint density at radius 1 is 1.15 bits per heavy atom. The minimum Gasteiger partial charge on any atom is -0.477 e. The van der Waals surface area contributed by atoms with E-state index in [9.17, 15) is 9.90 Å². The largest absolute Gasteiger partial charge is 0.477 e. The highest BCUT2D eigenvalue weighted by Crippen LogP contribution is 2.21. The zero-order valence-corrected chi connectivity index (χ0v) is 11.9. The Morgan fingerprint density at radius 3 is 2.40 bits per heavy atom. The van der Waals surface area contributed by atoms with Gasteiger partial charge >= 0.3 is 5.97 Å². The molecule has 1 N–H and O–H groups in total. The van der Waals surface area contributed by atoms with E-state index in [2.05, 4.69) is 21.0 Å². The average molecular weight is 332 g/mol. The molecule has 2 heterocycles. The molecular formula is C14H10BrN3O2. The van der Waals surface area contributed by atoms with E-state index in [0.29, 0.717) is 5.82 Å². The van der Waals surface area contributed by atoms with Crippen molar-refractivity contribution < 1.29 is 9.90 Å². The van der Waals surface area contributed by atoms with E-state index in [1.165, 1.54) is 6.20 Å². The van der Waals surface area contributed by atoms with E-state index < -0.39 is 5.97 Å². The van der Waals surface area contributed by atoms with Crippen LogP contribution in [0.2, 0.25) is 0 Å². The van der Waals surface area contributed by atoms with Crippen LogP contribution in [-0.4, -0.2) is 25.4 Å². The Bertz CT molecular complexity index is 745. The van der Waals surface area contributed by atoms with E-state index in [0.717, 1.165) is 10.2 Å². The Morgan fingerprint density at radius 2 is 1.80 bits per heavy atom. The van der Waals surface area contributed by atoms with Crippen LogP contribution in [0.4, 0.5) is 0 Å². The lowest BCUT2D eigenvalue weighted by atomic mass is 10.3. The minimum atomic E-state index is -1.00. The van der Waals surface area contributed by atoms with Crippen molar-refractivity contribution >= 4 is 21.9 Å². The second-order valence-electron chi connectivity index (χ2n) is 4.17. The van der Waals surface area contributed by atoms with E-state index in [1.807, 2.05) is 36.4 Å². The second-order valence-corrected chi connectivity index (χ2v) is 5.08. The van der Waals surface area contributed by atoms with Crippen molar-refractivity contribution in [2.24, 2.45) is 0 Å². The highest BCUT2D eigenvalue weighted by Gasteiger charge is 2.18. The molecule has 20 heavy (non-hydrogen) atoms. The molecule has 0 spiro atoms. The van der Waals surface area contributed by atoms with Crippen LogP contribution in [0, 0.1) is 0 Å². The summed E-state index contributed by atoms with van der Waals surface area (Å²) in [5.41, 5.74) is 0.952. The van der Waals surface area contributed by atoms with Crippen LogP contribution < -0.4 is 0 Å². The van der Waals surface area contributed by atoms with Gasteiger partial charge in [0.25, 0.3) is 0 Å². The third-order valence-corrected chi connectivity index (χ3v) is 3.42. The number of carboxylic acid groups (broad SMARTS) is 1. The van der Waals surface area contributed by atoms with Gasteiger partial charge in [-0.05, 0) is 36.4 Å². The van der Waals surface area contributed by atoms with Gasteiger partial charge in [0.2, 0.25) is 0 Å². The van der Waals surface area contributed by atoms with Gasteiger partial charge in [-0.15, -0.1) is 0 Å². The number of rotatable bonds is 3. The van der Waals surface area contributed by atoms with Gasteiger partial charge in [0.15, 0.2) is 5.82 Å². The third-order valence-electron chi connectivity index (χ3n) is 2.89. The lowest BCUT2D eigenvalue weighted by Crippen LogP contribution is -2.08. The highest BCUT2D eigenvalue weighted by atomic mass is 79.9. The highest BCUT2D eigenvalue weighted by molar-refractivity contribution is 9.10. The topological polar surface area (TPSA) is 60.0 Å². The van der Waals surface area contributed by atoms with Gasteiger partial charge in [0.1, 0.15) is 5.56 Å². The second kappa shape index (κ2) is 4.97. The first-order valence-electron chi connectivity index (χ1n) is 5.87. The minimum absolute atomic E-state index is 0.157. The van der Waals surface area contributed by atoms with Crippen molar-refractivity contribution in [1.82, 2.24) is 14.3 Å². The van der Waals surface area contributed by atoms with Crippen molar-refractivity contribution in [1.29, 1.82) is 0 Å². The van der Waals surface area contributed by atoms with Crippen molar-refractivity contribution in [3.63, 3.8) is 0 Å². The number of halogens is 1. The number of aromatic carboxylic acids is 1. The first-order valence-corrected chi connectivity index (χ1v) is 6.67. The predicted octanol–water partition coefficient (Wildman–Crippen LogP) is 3.12. The quantitative estimate of drug-likeness (QED) is 0.802.